The molecule has 1 saturated heterocycles. The summed E-state index contributed by atoms with van der Waals surface area (Å²) in [5.41, 5.74) is 6.66. The van der Waals surface area contributed by atoms with E-state index >= 15 is 0 Å². The van der Waals surface area contributed by atoms with Gasteiger partial charge in [-0.3, -0.25) is 5.32 Å². The average Bonchev–Trinajstić information content (AvgIpc) is 2.49. The van der Waals surface area contributed by atoms with Gasteiger partial charge in [-0.2, -0.15) is 0 Å². The number of fused-ring (bicyclic) bond motifs is 1. The molecule has 2 aliphatic rings. The summed E-state index contributed by atoms with van der Waals surface area (Å²) in [6.07, 6.45) is 4.94. The third-order valence-electron chi connectivity index (χ3n) is 4.38. The van der Waals surface area contributed by atoms with Crippen molar-refractivity contribution in [3.8, 4) is 0 Å². The van der Waals surface area contributed by atoms with Crippen molar-refractivity contribution in [3.63, 3.8) is 0 Å². The maximum Gasteiger partial charge on any atom is 0.323 e. The van der Waals surface area contributed by atoms with Gasteiger partial charge in [0.15, 0.2) is 0 Å². The summed E-state index contributed by atoms with van der Waals surface area (Å²) >= 11 is 0. The molecule has 22 heavy (non-hydrogen) atoms. The minimum atomic E-state index is -0.117. The summed E-state index contributed by atoms with van der Waals surface area (Å²) in [4.78, 5) is 24.3. The number of hydrogen-bond acceptors (Lipinski definition) is 5. The lowest BCUT2D eigenvalue weighted by Gasteiger charge is -2.35. The Morgan fingerprint density at radius 1 is 1.36 bits per heavy atom. The van der Waals surface area contributed by atoms with E-state index < -0.39 is 0 Å². The molecule has 0 aromatic carbocycles. The number of amides is 2. The van der Waals surface area contributed by atoms with Gasteiger partial charge in [-0.1, -0.05) is 0 Å². The van der Waals surface area contributed by atoms with E-state index in [4.69, 9.17) is 5.73 Å². The van der Waals surface area contributed by atoms with Crippen molar-refractivity contribution in [1.82, 2.24) is 14.9 Å². The number of rotatable bonds is 3. The van der Waals surface area contributed by atoms with Crippen LogP contribution in [0, 0.1) is 5.92 Å². The zero-order valence-electron chi connectivity index (χ0n) is 12.8. The van der Waals surface area contributed by atoms with Gasteiger partial charge in [-0.25, -0.2) is 14.8 Å². The molecule has 8 heteroatoms. The van der Waals surface area contributed by atoms with Crippen molar-refractivity contribution in [2.45, 2.75) is 25.8 Å². The Morgan fingerprint density at radius 3 is 2.77 bits per heavy atom. The Hall–Kier alpha value is -1.60. The minimum Gasteiger partial charge on any atom is -0.356 e. The summed E-state index contributed by atoms with van der Waals surface area (Å²) in [5, 5.41) is 2.81. The highest BCUT2D eigenvalue weighted by atomic mass is 35.5. The molecule has 2 amide bonds. The fourth-order valence-electron chi connectivity index (χ4n) is 3.10. The first-order valence-electron chi connectivity index (χ1n) is 7.50. The Kier molecular flexibility index (Phi) is 5.42. The quantitative estimate of drug-likeness (QED) is 0.877. The van der Waals surface area contributed by atoms with Crippen LogP contribution in [0.4, 0.5) is 16.4 Å². The lowest BCUT2D eigenvalue weighted by Crippen LogP contribution is -2.40. The first-order chi connectivity index (χ1) is 10.2. The van der Waals surface area contributed by atoms with Crippen molar-refractivity contribution in [2.24, 2.45) is 11.7 Å². The number of urea groups is 1. The van der Waals surface area contributed by atoms with Crippen LogP contribution in [-0.4, -0.2) is 47.6 Å². The number of nitrogens with two attached hydrogens (primary N) is 1. The van der Waals surface area contributed by atoms with E-state index in [2.05, 4.69) is 20.2 Å². The Bertz CT molecular complexity index is 532. The number of anilines is 2. The molecule has 0 aliphatic carbocycles. The monoisotopic (exact) mass is 326 g/mol. The number of aromatic nitrogens is 2. The number of halogens is 1. The van der Waals surface area contributed by atoms with Gasteiger partial charge in [-0.15, -0.1) is 12.4 Å². The molecular weight excluding hydrogens is 304 g/mol. The molecule has 0 radical (unpaired) electrons. The molecule has 0 unspecified atom stereocenters. The summed E-state index contributed by atoms with van der Waals surface area (Å²) < 4.78 is 0. The lowest BCUT2D eigenvalue weighted by molar-refractivity contribution is 0.218. The highest BCUT2D eigenvalue weighted by Gasteiger charge is 2.27. The molecule has 2 aliphatic heterocycles. The number of carbonyl (C=O) groups excluding carboxylic acids is 1. The van der Waals surface area contributed by atoms with Gasteiger partial charge < -0.3 is 15.5 Å². The van der Waals surface area contributed by atoms with Crippen LogP contribution in [0.5, 0.6) is 0 Å². The van der Waals surface area contributed by atoms with Gasteiger partial charge in [0.1, 0.15) is 18.0 Å². The fraction of sp³-hybridized carbons (Fsp3) is 0.643. The molecule has 3 N–H and O–H groups in total. The molecule has 0 atom stereocenters. The first kappa shape index (κ1) is 16.8. The second kappa shape index (κ2) is 7.11. The van der Waals surface area contributed by atoms with E-state index in [0.717, 1.165) is 56.2 Å². The first-order valence-corrected chi connectivity index (χ1v) is 7.50. The molecule has 0 bridgehead atoms. The zero-order valence-corrected chi connectivity index (χ0v) is 13.6. The molecule has 7 nitrogen and oxygen atoms in total. The van der Waals surface area contributed by atoms with E-state index in [1.54, 1.807) is 11.9 Å². The highest BCUT2D eigenvalue weighted by molar-refractivity contribution is 5.91. The van der Waals surface area contributed by atoms with Crippen LogP contribution in [0.3, 0.4) is 0 Å². The average molecular weight is 327 g/mol. The fourth-order valence-corrected chi connectivity index (χ4v) is 3.10. The molecule has 1 aromatic rings. The number of nitrogens with one attached hydrogen (secondary N) is 1. The van der Waals surface area contributed by atoms with Crippen LogP contribution >= 0.6 is 12.4 Å². The molecule has 3 heterocycles. The van der Waals surface area contributed by atoms with Crippen molar-refractivity contribution < 1.29 is 4.79 Å². The topological polar surface area (TPSA) is 87.4 Å². The molecule has 1 aromatic heterocycles. The predicted molar refractivity (Wildman–Crippen MR) is 88.4 cm³/mol. The zero-order chi connectivity index (χ0) is 14.8. The molecule has 3 rings (SSSR count). The van der Waals surface area contributed by atoms with E-state index in [0.29, 0.717) is 12.4 Å². The third kappa shape index (κ3) is 3.25. The van der Waals surface area contributed by atoms with Crippen LogP contribution in [0.2, 0.25) is 0 Å². The number of nitrogens with zero attached hydrogens (tertiary/aromatic N) is 4. The maximum absolute atomic E-state index is 11.7. The van der Waals surface area contributed by atoms with Crippen molar-refractivity contribution in [2.75, 3.05) is 36.9 Å². The van der Waals surface area contributed by atoms with E-state index in [9.17, 15) is 4.79 Å². The van der Waals surface area contributed by atoms with Crippen molar-refractivity contribution >= 4 is 30.1 Å². The van der Waals surface area contributed by atoms with Gasteiger partial charge >= 0.3 is 6.03 Å². The van der Waals surface area contributed by atoms with Crippen LogP contribution < -0.4 is 16.0 Å². The van der Waals surface area contributed by atoms with Gasteiger partial charge in [0.25, 0.3) is 0 Å². The van der Waals surface area contributed by atoms with E-state index in [-0.39, 0.29) is 18.4 Å². The largest absolute Gasteiger partial charge is 0.356 e. The molecule has 0 spiro atoms. The van der Waals surface area contributed by atoms with Gasteiger partial charge in [0, 0.05) is 20.1 Å². The van der Waals surface area contributed by atoms with Crippen LogP contribution in [0.25, 0.3) is 0 Å². The molecular formula is C14H23ClN6O. The van der Waals surface area contributed by atoms with Crippen LogP contribution in [0.1, 0.15) is 24.8 Å². The van der Waals surface area contributed by atoms with Crippen molar-refractivity contribution in [1.29, 1.82) is 0 Å². The Morgan fingerprint density at radius 2 is 2.09 bits per heavy atom. The summed E-state index contributed by atoms with van der Waals surface area (Å²) in [7, 11) is 1.78. The maximum atomic E-state index is 11.7. The third-order valence-corrected chi connectivity index (χ3v) is 4.38. The van der Waals surface area contributed by atoms with Crippen LogP contribution in [-0.2, 0) is 6.54 Å². The van der Waals surface area contributed by atoms with E-state index in [1.165, 1.54) is 6.33 Å². The molecule has 122 valence electrons. The smallest absolute Gasteiger partial charge is 0.323 e. The summed E-state index contributed by atoms with van der Waals surface area (Å²) in [5.74, 6) is 2.33. The predicted octanol–water partition coefficient (Wildman–Crippen LogP) is 1.44. The Balaban J connectivity index is 0.00000176. The second-order valence-corrected chi connectivity index (χ2v) is 5.82. The highest BCUT2D eigenvalue weighted by Crippen LogP contribution is 2.31. The van der Waals surface area contributed by atoms with Crippen molar-refractivity contribution in [3.05, 3.63) is 11.9 Å². The van der Waals surface area contributed by atoms with Gasteiger partial charge in [0.2, 0.25) is 0 Å². The summed E-state index contributed by atoms with van der Waals surface area (Å²) in [6.45, 7) is 3.31. The number of hydrogen-bond donors (Lipinski definition) is 2. The number of piperidine rings is 1. The SMILES string of the molecule is CN1Cc2c(ncnc2N2CCC(CCN)CC2)NC1=O.Cl. The lowest BCUT2D eigenvalue weighted by atomic mass is 9.93. The molecule has 0 saturated carbocycles. The molecule has 1 fully saturated rings. The Labute approximate surface area is 136 Å². The summed E-state index contributed by atoms with van der Waals surface area (Å²) in [6, 6.07) is -0.117. The van der Waals surface area contributed by atoms with Gasteiger partial charge in [-0.05, 0) is 31.7 Å². The normalized spacial score (nSPS) is 18.5. The number of carbonyl (C=O) groups is 1. The second-order valence-electron chi connectivity index (χ2n) is 5.82. The van der Waals surface area contributed by atoms with E-state index in [1.807, 2.05) is 0 Å². The van der Waals surface area contributed by atoms with Gasteiger partial charge in [0.05, 0.1) is 12.1 Å². The minimum absolute atomic E-state index is 0. The van der Waals surface area contributed by atoms with Crippen LogP contribution in [0.15, 0.2) is 6.33 Å². The standard InChI is InChI=1S/C14H22N6O.ClH/c1-19-8-11-12(18-14(19)21)16-9-17-13(11)20-6-3-10(2-5-15)4-7-20;/h9-10H,2-8,15H2,1H3,(H,16,17,18,21);1H.